The summed E-state index contributed by atoms with van der Waals surface area (Å²) in [7, 11) is -2.03. The highest BCUT2D eigenvalue weighted by atomic mass is 32.2. The van der Waals surface area contributed by atoms with Crippen molar-refractivity contribution in [2.75, 3.05) is 18.8 Å². The summed E-state index contributed by atoms with van der Waals surface area (Å²) in [6.07, 6.45) is 4.04. The van der Waals surface area contributed by atoms with E-state index >= 15 is 0 Å². The van der Waals surface area contributed by atoms with Crippen LogP contribution in [0.15, 0.2) is 12.4 Å². The van der Waals surface area contributed by atoms with Gasteiger partial charge in [0.05, 0.1) is 12.2 Å². The van der Waals surface area contributed by atoms with Crippen LogP contribution in [0.5, 0.6) is 0 Å². The van der Waals surface area contributed by atoms with Gasteiger partial charge in [-0.3, -0.25) is 8.89 Å². The first-order chi connectivity index (χ1) is 8.24. The summed E-state index contributed by atoms with van der Waals surface area (Å²) >= 11 is 0. The molecular weight excluding hydrogens is 246 g/mol. The van der Waals surface area contributed by atoms with Crippen LogP contribution in [0.1, 0.15) is 39.3 Å². The Morgan fingerprint density at radius 3 is 2.56 bits per heavy atom. The van der Waals surface area contributed by atoms with E-state index in [0.717, 1.165) is 13.1 Å². The van der Waals surface area contributed by atoms with E-state index in [1.807, 2.05) is 22.1 Å². The highest BCUT2D eigenvalue weighted by Gasteiger charge is 2.33. The molecule has 2 rings (SSSR count). The molecule has 1 atom stereocenters. The standard InChI is InChI=1S/C13H23N3OS/c1-6-18(5,17)15-9-12(10-15)16-8-11(7-14-16)13(2,3)4/h7-8,12H,5-6,9-10H2,1-4H3. The number of aromatic nitrogens is 2. The molecule has 1 fully saturated rings. The maximum atomic E-state index is 12.1. The second kappa shape index (κ2) is 4.38. The maximum Gasteiger partial charge on any atom is 0.0792 e. The molecule has 0 amide bonds. The van der Waals surface area contributed by atoms with Crippen LogP contribution in [0.2, 0.25) is 0 Å². The van der Waals surface area contributed by atoms with Gasteiger partial charge < -0.3 is 0 Å². The lowest BCUT2D eigenvalue weighted by molar-refractivity contribution is 0.199. The van der Waals surface area contributed by atoms with Crippen LogP contribution in [-0.2, 0) is 15.1 Å². The topological polar surface area (TPSA) is 38.1 Å². The van der Waals surface area contributed by atoms with Crippen molar-refractivity contribution in [3.8, 4) is 0 Å². The lowest BCUT2D eigenvalue weighted by atomic mass is 9.90. The predicted octanol–water partition coefficient (Wildman–Crippen LogP) is 1.69. The van der Waals surface area contributed by atoms with E-state index in [0.29, 0.717) is 11.8 Å². The van der Waals surface area contributed by atoms with Gasteiger partial charge in [0.15, 0.2) is 0 Å². The molecule has 1 aromatic heterocycles. The molecule has 5 heteroatoms. The zero-order chi connectivity index (χ0) is 13.6. The average Bonchev–Trinajstić information content (AvgIpc) is 2.63. The quantitative estimate of drug-likeness (QED) is 0.783. The summed E-state index contributed by atoms with van der Waals surface area (Å²) in [5, 5.41) is 4.42. The molecule has 0 N–H and O–H groups in total. The van der Waals surface area contributed by atoms with Crippen molar-refractivity contribution in [1.82, 2.24) is 14.1 Å². The van der Waals surface area contributed by atoms with Crippen LogP contribution in [-0.4, -0.2) is 43.0 Å². The van der Waals surface area contributed by atoms with Gasteiger partial charge in [-0.1, -0.05) is 27.7 Å². The van der Waals surface area contributed by atoms with Crippen molar-refractivity contribution < 1.29 is 4.21 Å². The molecule has 0 bridgehead atoms. The number of nitrogens with zero attached hydrogens (tertiary/aromatic N) is 3. The van der Waals surface area contributed by atoms with Gasteiger partial charge in [-0.25, -0.2) is 4.31 Å². The average molecular weight is 269 g/mol. The zero-order valence-corrected chi connectivity index (χ0v) is 12.5. The van der Waals surface area contributed by atoms with E-state index in [2.05, 4.69) is 37.9 Å². The van der Waals surface area contributed by atoms with E-state index in [1.165, 1.54) is 5.56 Å². The Balaban J connectivity index is 2.03. The molecule has 0 aromatic carbocycles. The second-order valence-electron chi connectivity index (χ2n) is 6.02. The van der Waals surface area contributed by atoms with Gasteiger partial charge in [0.25, 0.3) is 0 Å². The van der Waals surface area contributed by atoms with Crippen LogP contribution in [0.25, 0.3) is 0 Å². The summed E-state index contributed by atoms with van der Waals surface area (Å²) in [5.74, 6) is 4.42. The Morgan fingerprint density at radius 2 is 2.11 bits per heavy atom. The lowest BCUT2D eigenvalue weighted by Crippen LogP contribution is -2.51. The fraction of sp³-hybridized carbons (Fsp3) is 0.692. The molecule has 102 valence electrons. The molecule has 18 heavy (non-hydrogen) atoms. The summed E-state index contributed by atoms with van der Waals surface area (Å²) in [5.41, 5.74) is 1.37. The first-order valence-corrected chi connectivity index (χ1v) is 8.24. The van der Waals surface area contributed by atoms with E-state index in [1.54, 1.807) is 0 Å². The Morgan fingerprint density at radius 1 is 1.50 bits per heavy atom. The van der Waals surface area contributed by atoms with Crippen LogP contribution in [0, 0.1) is 0 Å². The van der Waals surface area contributed by atoms with Crippen molar-refractivity contribution in [1.29, 1.82) is 0 Å². The monoisotopic (exact) mass is 269 g/mol. The minimum atomic E-state index is -2.03. The number of hydrogen-bond donors (Lipinski definition) is 0. The van der Waals surface area contributed by atoms with Gasteiger partial charge in [0.1, 0.15) is 0 Å². The molecule has 0 saturated carbocycles. The van der Waals surface area contributed by atoms with E-state index in [9.17, 15) is 4.21 Å². The Kier molecular flexibility index (Phi) is 3.32. The SMILES string of the molecule is C=S(=O)(CC)N1CC(n2cc(C(C)(C)C)cn2)C1. The van der Waals surface area contributed by atoms with Gasteiger partial charge >= 0.3 is 0 Å². The third-order valence-corrected chi connectivity index (χ3v) is 5.73. The molecular formula is C13H23N3OS. The number of rotatable bonds is 3. The summed E-state index contributed by atoms with van der Waals surface area (Å²) < 4.78 is 16.0. The fourth-order valence-corrected chi connectivity index (χ4v) is 3.22. The van der Waals surface area contributed by atoms with Crippen molar-refractivity contribution in [3.63, 3.8) is 0 Å². The van der Waals surface area contributed by atoms with Gasteiger partial charge in [0.2, 0.25) is 0 Å². The Hall–Kier alpha value is -0.810. The van der Waals surface area contributed by atoms with Crippen LogP contribution < -0.4 is 0 Å². The van der Waals surface area contributed by atoms with E-state index in [4.69, 9.17) is 0 Å². The van der Waals surface area contributed by atoms with Crippen LogP contribution in [0.3, 0.4) is 0 Å². The first-order valence-electron chi connectivity index (χ1n) is 6.38. The third-order valence-electron chi connectivity index (χ3n) is 3.59. The van der Waals surface area contributed by atoms with Crippen LogP contribution >= 0.6 is 0 Å². The predicted molar refractivity (Wildman–Crippen MR) is 77.3 cm³/mol. The van der Waals surface area contributed by atoms with Gasteiger partial charge in [-0.05, 0) is 16.8 Å². The molecule has 2 heterocycles. The molecule has 4 nitrogen and oxygen atoms in total. The van der Waals surface area contributed by atoms with Crippen LogP contribution in [0.4, 0.5) is 0 Å². The van der Waals surface area contributed by atoms with Crippen molar-refractivity contribution in [2.45, 2.75) is 39.2 Å². The van der Waals surface area contributed by atoms with Crippen molar-refractivity contribution in [3.05, 3.63) is 18.0 Å². The normalized spacial score (nSPS) is 21.6. The second-order valence-corrected chi connectivity index (χ2v) is 8.66. The molecule has 1 unspecified atom stereocenters. The number of hydrogen-bond acceptors (Lipinski definition) is 2. The van der Waals surface area contributed by atoms with Gasteiger partial charge in [-0.2, -0.15) is 5.10 Å². The molecule has 1 saturated heterocycles. The van der Waals surface area contributed by atoms with Crippen molar-refractivity contribution in [2.24, 2.45) is 0 Å². The fourth-order valence-electron chi connectivity index (χ4n) is 1.96. The maximum absolute atomic E-state index is 12.1. The minimum Gasteiger partial charge on any atom is -0.267 e. The highest BCUT2D eigenvalue weighted by molar-refractivity contribution is 7.98. The third kappa shape index (κ3) is 2.47. The van der Waals surface area contributed by atoms with Gasteiger partial charge in [0, 0.05) is 34.7 Å². The molecule has 0 radical (unpaired) electrons. The largest absolute Gasteiger partial charge is 0.267 e. The van der Waals surface area contributed by atoms with E-state index in [-0.39, 0.29) is 5.41 Å². The molecule has 0 aliphatic carbocycles. The molecule has 1 aliphatic rings. The summed E-state index contributed by atoms with van der Waals surface area (Å²) in [6.45, 7) is 10.1. The van der Waals surface area contributed by atoms with E-state index < -0.39 is 9.71 Å². The molecule has 0 spiro atoms. The Labute approximate surface area is 110 Å². The summed E-state index contributed by atoms with van der Waals surface area (Å²) in [6, 6.07) is 0.343. The van der Waals surface area contributed by atoms with Crippen molar-refractivity contribution >= 4 is 15.6 Å². The smallest absolute Gasteiger partial charge is 0.0792 e. The zero-order valence-electron chi connectivity index (χ0n) is 11.7. The highest BCUT2D eigenvalue weighted by Crippen LogP contribution is 2.27. The summed E-state index contributed by atoms with van der Waals surface area (Å²) in [4.78, 5) is 0. The van der Waals surface area contributed by atoms with Gasteiger partial charge in [-0.15, -0.1) is 0 Å². The first kappa shape index (κ1) is 13.6. The molecule has 1 aliphatic heterocycles. The Bertz CT molecular complexity index is 519. The lowest BCUT2D eigenvalue weighted by Gasteiger charge is -2.40. The minimum absolute atomic E-state index is 0.130. The molecule has 1 aromatic rings.